The second-order valence-electron chi connectivity index (χ2n) is 2.81. The molecular weight excluding hydrogens is 238 g/mol. The Morgan fingerprint density at radius 2 is 2.50 bits per heavy atom. The van der Waals surface area contributed by atoms with Gasteiger partial charge >= 0.3 is 0 Å². The minimum atomic E-state index is 0.178. The van der Waals surface area contributed by atoms with E-state index in [0.717, 1.165) is 16.3 Å². The molecule has 0 radical (unpaired) electrons. The fourth-order valence-corrected chi connectivity index (χ4v) is 2.16. The number of nitrogens with two attached hydrogens (primary N) is 1. The first-order valence-electron chi connectivity index (χ1n) is 3.67. The fraction of sp³-hybridized carbons (Fsp3) is 0.571. The third-order valence-corrected chi connectivity index (χ3v) is 3.02. The van der Waals surface area contributed by atoms with Crippen LogP contribution in [0.3, 0.4) is 0 Å². The zero-order valence-corrected chi connectivity index (χ0v) is 9.52. The van der Waals surface area contributed by atoms with Crippen LogP contribution in [-0.4, -0.2) is 24.6 Å². The molecule has 0 saturated heterocycles. The van der Waals surface area contributed by atoms with Crippen molar-refractivity contribution in [3.05, 3.63) is 9.98 Å². The zero-order valence-electron chi connectivity index (χ0n) is 7.12. The number of nitrogens with zero attached hydrogens (tertiary/aromatic N) is 2. The Bertz CT molecular complexity index is 249. The van der Waals surface area contributed by atoms with Crippen LogP contribution in [0.2, 0.25) is 0 Å². The lowest BCUT2D eigenvalue weighted by Gasteiger charge is -2.17. The normalized spacial score (nSPS) is 13.0. The van der Waals surface area contributed by atoms with E-state index in [1.54, 1.807) is 11.3 Å². The Labute approximate surface area is 84.7 Å². The van der Waals surface area contributed by atoms with E-state index in [-0.39, 0.29) is 6.04 Å². The molecular formula is C7H12BrN3S. The summed E-state index contributed by atoms with van der Waals surface area (Å²) in [6, 6.07) is 0.178. The molecule has 0 amide bonds. The molecule has 0 fully saturated rings. The summed E-state index contributed by atoms with van der Waals surface area (Å²) in [5.74, 6) is 0. The van der Waals surface area contributed by atoms with Crippen LogP contribution in [0.1, 0.15) is 6.92 Å². The lowest BCUT2D eigenvalue weighted by molar-refractivity contribution is 0.716. The first kappa shape index (κ1) is 9.95. The van der Waals surface area contributed by atoms with Crippen molar-refractivity contribution in [3.8, 4) is 0 Å². The molecule has 1 unspecified atom stereocenters. The summed E-state index contributed by atoms with van der Waals surface area (Å²) < 4.78 is 0.888. The third-order valence-electron chi connectivity index (χ3n) is 1.35. The van der Waals surface area contributed by atoms with Gasteiger partial charge in [-0.25, -0.2) is 4.98 Å². The summed E-state index contributed by atoms with van der Waals surface area (Å²) in [6.07, 6.45) is 0. The number of anilines is 1. The molecule has 68 valence electrons. The van der Waals surface area contributed by atoms with E-state index < -0.39 is 0 Å². The van der Waals surface area contributed by atoms with Crippen LogP contribution in [-0.2, 0) is 0 Å². The minimum absolute atomic E-state index is 0.178. The van der Waals surface area contributed by atoms with Crippen LogP contribution in [0.15, 0.2) is 9.98 Å². The van der Waals surface area contributed by atoms with E-state index in [4.69, 9.17) is 5.73 Å². The highest BCUT2D eigenvalue weighted by atomic mass is 79.9. The lowest BCUT2D eigenvalue weighted by atomic mass is 10.3. The molecule has 12 heavy (non-hydrogen) atoms. The van der Waals surface area contributed by atoms with Crippen LogP contribution < -0.4 is 10.6 Å². The average molecular weight is 250 g/mol. The van der Waals surface area contributed by atoms with Crippen LogP contribution in [0.4, 0.5) is 5.13 Å². The molecule has 0 spiro atoms. The van der Waals surface area contributed by atoms with Gasteiger partial charge < -0.3 is 10.6 Å². The Balaban J connectivity index is 2.58. The molecule has 5 heteroatoms. The van der Waals surface area contributed by atoms with Crippen molar-refractivity contribution in [1.29, 1.82) is 0 Å². The van der Waals surface area contributed by atoms with Crippen LogP contribution >= 0.6 is 27.3 Å². The van der Waals surface area contributed by atoms with Crippen LogP contribution in [0.25, 0.3) is 0 Å². The quantitative estimate of drug-likeness (QED) is 0.887. The number of rotatable bonds is 3. The number of thiazole rings is 1. The lowest BCUT2D eigenvalue weighted by Crippen LogP contribution is -2.32. The van der Waals surface area contributed by atoms with Gasteiger partial charge in [-0.15, -0.1) is 11.3 Å². The number of likely N-dealkylation sites (N-methyl/N-ethyl adjacent to an activating group) is 1. The highest BCUT2D eigenvalue weighted by molar-refractivity contribution is 9.10. The van der Waals surface area contributed by atoms with Crippen LogP contribution in [0.5, 0.6) is 0 Å². The summed E-state index contributed by atoms with van der Waals surface area (Å²) in [5, 5.41) is 2.96. The summed E-state index contributed by atoms with van der Waals surface area (Å²) in [6.45, 7) is 2.82. The van der Waals surface area contributed by atoms with Crippen molar-refractivity contribution in [1.82, 2.24) is 4.98 Å². The summed E-state index contributed by atoms with van der Waals surface area (Å²) in [7, 11) is 1.99. The van der Waals surface area contributed by atoms with Gasteiger partial charge in [0.05, 0.1) is 0 Å². The first-order chi connectivity index (χ1) is 5.59. The summed E-state index contributed by atoms with van der Waals surface area (Å²) in [4.78, 5) is 6.32. The van der Waals surface area contributed by atoms with Crippen molar-refractivity contribution in [2.75, 3.05) is 18.5 Å². The van der Waals surface area contributed by atoms with Crippen molar-refractivity contribution >= 4 is 32.4 Å². The zero-order chi connectivity index (χ0) is 9.14. The van der Waals surface area contributed by atoms with Crippen molar-refractivity contribution in [3.63, 3.8) is 0 Å². The molecule has 2 N–H and O–H groups in total. The molecule has 0 saturated carbocycles. The molecule has 1 aromatic rings. The van der Waals surface area contributed by atoms with Crippen LogP contribution in [0, 0.1) is 0 Å². The standard InChI is InChI=1S/C7H12BrN3S/c1-5(9)3-11(2)7-10-6(8)4-12-7/h4-5H,3,9H2,1-2H3. The maximum atomic E-state index is 5.66. The van der Waals surface area contributed by atoms with Gasteiger partial charge in [-0.1, -0.05) is 0 Å². The number of hydrogen-bond donors (Lipinski definition) is 1. The average Bonchev–Trinajstić information content (AvgIpc) is 2.34. The van der Waals surface area contributed by atoms with Crippen molar-refractivity contribution in [2.45, 2.75) is 13.0 Å². The molecule has 1 heterocycles. The van der Waals surface area contributed by atoms with Gasteiger partial charge in [0.1, 0.15) is 4.60 Å². The molecule has 0 aliphatic heterocycles. The topological polar surface area (TPSA) is 42.1 Å². The van der Waals surface area contributed by atoms with Gasteiger partial charge in [-0.05, 0) is 22.9 Å². The van der Waals surface area contributed by atoms with Gasteiger partial charge in [-0.3, -0.25) is 0 Å². The Hall–Kier alpha value is -0.130. The van der Waals surface area contributed by atoms with E-state index >= 15 is 0 Å². The van der Waals surface area contributed by atoms with E-state index in [0.29, 0.717) is 0 Å². The number of aromatic nitrogens is 1. The van der Waals surface area contributed by atoms with E-state index in [1.165, 1.54) is 0 Å². The molecule has 0 aliphatic rings. The fourth-order valence-electron chi connectivity index (χ4n) is 0.931. The largest absolute Gasteiger partial charge is 0.350 e. The van der Waals surface area contributed by atoms with Crippen molar-refractivity contribution in [2.24, 2.45) is 5.73 Å². The maximum absolute atomic E-state index is 5.66. The summed E-state index contributed by atoms with van der Waals surface area (Å²) in [5.41, 5.74) is 5.66. The maximum Gasteiger partial charge on any atom is 0.186 e. The Morgan fingerprint density at radius 1 is 1.83 bits per heavy atom. The van der Waals surface area contributed by atoms with Gasteiger partial charge in [0.15, 0.2) is 5.13 Å². The number of hydrogen-bond acceptors (Lipinski definition) is 4. The van der Waals surface area contributed by atoms with E-state index in [9.17, 15) is 0 Å². The van der Waals surface area contributed by atoms with Gasteiger partial charge in [0.2, 0.25) is 0 Å². The molecule has 1 aromatic heterocycles. The third kappa shape index (κ3) is 2.73. The Kier molecular flexibility index (Phi) is 3.49. The predicted octanol–water partition coefficient (Wildman–Crippen LogP) is 1.69. The van der Waals surface area contributed by atoms with Gasteiger partial charge in [-0.2, -0.15) is 0 Å². The molecule has 3 nitrogen and oxygen atoms in total. The molecule has 1 rings (SSSR count). The summed E-state index contributed by atoms with van der Waals surface area (Å²) >= 11 is 4.92. The van der Waals surface area contributed by atoms with Gasteiger partial charge in [0.25, 0.3) is 0 Å². The van der Waals surface area contributed by atoms with E-state index in [1.807, 2.05) is 19.4 Å². The molecule has 1 atom stereocenters. The number of halogens is 1. The highest BCUT2D eigenvalue weighted by Crippen LogP contribution is 2.22. The Morgan fingerprint density at radius 3 is 2.92 bits per heavy atom. The molecule has 0 bridgehead atoms. The predicted molar refractivity (Wildman–Crippen MR) is 56.7 cm³/mol. The van der Waals surface area contributed by atoms with E-state index in [2.05, 4.69) is 25.8 Å². The minimum Gasteiger partial charge on any atom is -0.350 e. The molecule has 0 aliphatic carbocycles. The van der Waals surface area contributed by atoms with Crippen molar-refractivity contribution < 1.29 is 0 Å². The van der Waals surface area contributed by atoms with Gasteiger partial charge in [0, 0.05) is 25.0 Å². The highest BCUT2D eigenvalue weighted by Gasteiger charge is 2.06. The SMILES string of the molecule is CC(N)CN(C)c1nc(Br)cs1. The second-order valence-corrected chi connectivity index (χ2v) is 4.46. The smallest absolute Gasteiger partial charge is 0.186 e. The monoisotopic (exact) mass is 249 g/mol. The first-order valence-corrected chi connectivity index (χ1v) is 5.34. The second kappa shape index (κ2) is 4.20. The molecule has 0 aromatic carbocycles.